The lowest BCUT2D eigenvalue weighted by Crippen LogP contribution is -2.39. The average Bonchev–Trinajstić information content (AvgIpc) is 3.06. The Morgan fingerprint density at radius 2 is 2.13 bits per heavy atom. The Kier molecular flexibility index (Phi) is 7.56. The summed E-state index contributed by atoms with van der Waals surface area (Å²) in [5, 5.41) is 3.10. The molecular weight excluding hydrogens is 288 g/mol. The van der Waals surface area contributed by atoms with Gasteiger partial charge in [0.1, 0.15) is 0 Å². The molecule has 4 heteroatoms. The van der Waals surface area contributed by atoms with Crippen LogP contribution in [0.25, 0.3) is 0 Å². The van der Waals surface area contributed by atoms with Crippen LogP contribution in [0.15, 0.2) is 24.3 Å². The molecule has 23 heavy (non-hydrogen) atoms. The van der Waals surface area contributed by atoms with Crippen molar-refractivity contribution < 1.29 is 9.53 Å². The Balaban J connectivity index is 1.88. The number of amides is 1. The first-order chi connectivity index (χ1) is 11.2. The van der Waals surface area contributed by atoms with Crippen LogP contribution >= 0.6 is 0 Å². The number of rotatable bonds is 9. The lowest BCUT2D eigenvalue weighted by molar-refractivity contribution is -0.132. The first kappa shape index (κ1) is 18.0. The second-order valence-electron chi connectivity index (χ2n) is 6.42. The minimum Gasteiger partial charge on any atom is -0.376 e. The van der Waals surface area contributed by atoms with Crippen molar-refractivity contribution in [3.63, 3.8) is 0 Å². The number of hydrogen-bond donors (Lipinski definition) is 1. The van der Waals surface area contributed by atoms with Gasteiger partial charge in [0, 0.05) is 26.1 Å². The topological polar surface area (TPSA) is 41.6 Å². The van der Waals surface area contributed by atoms with E-state index in [0.29, 0.717) is 6.42 Å². The summed E-state index contributed by atoms with van der Waals surface area (Å²) in [7, 11) is 1.92. The molecular formula is C19H30N2O2. The Hall–Kier alpha value is -1.39. The van der Waals surface area contributed by atoms with E-state index in [2.05, 4.69) is 36.5 Å². The fraction of sp³-hybridized carbons (Fsp3) is 0.632. The molecule has 0 spiro atoms. The molecule has 2 rings (SSSR count). The first-order valence-electron chi connectivity index (χ1n) is 8.78. The van der Waals surface area contributed by atoms with Crippen molar-refractivity contribution in [3.8, 4) is 0 Å². The molecule has 1 saturated heterocycles. The summed E-state index contributed by atoms with van der Waals surface area (Å²) in [6.07, 6.45) is 4.82. The fourth-order valence-corrected chi connectivity index (χ4v) is 2.95. The van der Waals surface area contributed by atoms with Gasteiger partial charge in [0.15, 0.2) is 0 Å². The number of aryl methyl sites for hydroxylation is 1. The van der Waals surface area contributed by atoms with Crippen molar-refractivity contribution in [2.24, 2.45) is 0 Å². The molecule has 4 nitrogen and oxygen atoms in total. The molecule has 1 aromatic carbocycles. The molecule has 1 fully saturated rings. The highest BCUT2D eigenvalue weighted by molar-refractivity contribution is 5.76. The molecule has 0 aliphatic carbocycles. The van der Waals surface area contributed by atoms with E-state index >= 15 is 0 Å². The first-order valence-corrected chi connectivity index (χ1v) is 8.78. The van der Waals surface area contributed by atoms with Crippen LogP contribution in [0.2, 0.25) is 0 Å². The zero-order chi connectivity index (χ0) is 16.5. The highest BCUT2D eigenvalue weighted by Gasteiger charge is 2.22. The van der Waals surface area contributed by atoms with Crippen LogP contribution in [-0.4, -0.2) is 50.2 Å². The van der Waals surface area contributed by atoms with Gasteiger partial charge in [-0.05, 0) is 51.8 Å². The summed E-state index contributed by atoms with van der Waals surface area (Å²) in [5.74, 6) is 0.253. The van der Waals surface area contributed by atoms with Crippen LogP contribution in [0.1, 0.15) is 36.8 Å². The molecule has 128 valence electrons. The third-order valence-electron chi connectivity index (χ3n) is 4.41. The maximum Gasteiger partial charge on any atom is 0.222 e. The molecule has 1 aromatic rings. The van der Waals surface area contributed by atoms with Gasteiger partial charge in [0.2, 0.25) is 5.91 Å². The van der Waals surface area contributed by atoms with Crippen molar-refractivity contribution in [2.75, 3.05) is 33.3 Å². The largest absolute Gasteiger partial charge is 0.376 e. The molecule has 1 atom stereocenters. The number of carbonyl (C=O) groups is 1. The van der Waals surface area contributed by atoms with E-state index in [4.69, 9.17) is 4.74 Å². The minimum atomic E-state index is 0.223. The number of carbonyl (C=O) groups excluding carboxylic acids is 1. The summed E-state index contributed by atoms with van der Waals surface area (Å²) in [6.45, 7) is 5.34. The van der Waals surface area contributed by atoms with Crippen LogP contribution in [0.4, 0.5) is 0 Å². The van der Waals surface area contributed by atoms with Crippen molar-refractivity contribution >= 4 is 5.91 Å². The van der Waals surface area contributed by atoms with Crippen LogP contribution in [0.3, 0.4) is 0 Å². The smallest absolute Gasteiger partial charge is 0.222 e. The Bertz CT molecular complexity index is 467. The van der Waals surface area contributed by atoms with E-state index in [0.717, 1.165) is 51.9 Å². The predicted octanol–water partition coefficient (Wildman–Crippen LogP) is 2.54. The Labute approximate surface area is 140 Å². The van der Waals surface area contributed by atoms with Gasteiger partial charge in [-0.2, -0.15) is 0 Å². The van der Waals surface area contributed by atoms with Crippen LogP contribution in [0.5, 0.6) is 0 Å². The van der Waals surface area contributed by atoms with Gasteiger partial charge in [0.05, 0.1) is 6.10 Å². The highest BCUT2D eigenvalue weighted by atomic mass is 16.5. The van der Waals surface area contributed by atoms with E-state index in [1.54, 1.807) is 0 Å². The van der Waals surface area contributed by atoms with E-state index in [1.165, 1.54) is 11.1 Å². The van der Waals surface area contributed by atoms with Gasteiger partial charge >= 0.3 is 0 Å². The van der Waals surface area contributed by atoms with E-state index in [9.17, 15) is 4.79 Å². The summed E-state index contributed by atoms with van der Waals surface area (Å²) >= 11 is 0. The lowest BCUT2D eigenvalue weighted by Gasteiger charge is -2.26. The molecule has 1 unspecified atom stereocenters. The van der Waals surface area contributed by atoms with Crippen molar-refractivity contribution in [1.82, 2.24) is 10.2 Å². The van der Waals surface area contributed by atoms with Gasteiger partial charge in [-0.25, -0.2) is 0 Å². The van der Waals surface area contributed by atoms with Crippen LogP contribution in [0, 0.1) is 6.92 Å². The molecule has 1 heterocycles. The van der Waals surface area contributed by atoms with E-state index in [-0.39, 0.29) is 12.0 Å². The summed E-state index contributed by atoms with van der Waals surface area (Å²) in [5.41, 5.74) is 2.56. The molecule has 1 aliphatic rings. The van der Waals surface area contributed by atoms with Gasteiger partial charge in [-0.3, -0.25) is 4.79 Å². The summed E-state index contributed by atoms with van der Waals surface area (Å²) in [4.78, 5) is 14.5. The summed E-state index contributed by atoms with van der Waals surface area (Å²) < 4.78 is 5.72. The second kappa shape index (κ2) is 9.68. The maximum atomic E-state index is 12.5. The number of ether oxygens (including phenoxy) is 1. The number of hydrogen-bond acceptors (Lipinski definition) is 3. The molecule has 0 bridgehead atoms. The molecule has 0 saturated carbocycles. The highest BCUT2D eigenvalue weighted by Crippen LogP contribution is 2.15. The average molecular weight is 318 g/mol. The lowest BCUT2D eigenvalue weighted by atomic mass is 10.1. The third kappa shape index (κ3) is 6.32. The maximum absolute atomic E-state index is 12.5. The second-order valence-corrected chi connectivity index (χ2v) is 6.42. The molecule has 1 amide bonds. The molecule has 0 radical (unpaired) electrons. The van der Waals surface area contributed by atoms with Gasteiger partial charge < -0.3 is 15.0 Å². The Morgan fingerprint density at radius 3 is 2.78 bits per heavy atom. The third-order valence-corrected chi connectivity index (χ3v) is 4.41. The number of benzene rings is 1. The zero-order valence-electron chi connectivity index (χ0n) is 14.5. The van der Waals surface area contributed by atoms with Gasteiger partial charge in [0.25, 0.3) is 0 Å². The predicted molar refractivity (Wildman–Crippen MR) is 93.6 cm³/mol. The summed E-state index contributed by atoms with van der Waals surface area (Å²) in [6, 6.07) is 8.58. The minimum absolute atomic E-state index is 0.223. The number of nitrogens with zero attached hydrogens (tertiary/aromatic N) is 1. The van der Waals surface area contributed by atoms with Crippen LogP contribution < -0.4 is 5.32 Å². The fourth-order valence-electron chi connectivity index (χ4n) is 2.95. The van der Waals surface area contributed by atoms with Crippen molar-refractivity contribution in [1.29, 1.82) is 0 Å². The quantitative estimate of drug-likeness (QED) is 0.712. The van der Waals surface area contributed by atoms with Crippen molar-refractivity contribution in [3.05, 3.63) is 35.4 Å². The number of nitrogens with one attached hydrogen (secondary N) is 1. The van der Waals surface area contributed by atoms with E-state index in [1.807, 2.05) is 11.9 Å². The standard InChI is InChI=1S/C19H30N2O2/c1-16-7-9-17(10-8-16)11-13-21(15-18-5-4-14-23-18)19(22)6-3-12-20-2/h7-10,18,20H,3-6,11-15H2,1-2H3. The van der Waals surface area contributed by atoms with Crippen LogP contribution in [-0.2, 0) is 16.0 Å². The molecule has 1 aliphatic heterocycles. The van der Waals surface area contributed by atoms with E-state index < -0.39 is 0 Å². The Morgan fingerprint density at radius 1 is 1.35 bits per heavy atom. The zero-order valence-corrected chi connectivity index (χ0v) is 14.5. The molecule has 0 aromatic heterocycles. The molecule has 1 N–H and O–H groups in total. The van der Waals surface area contributed by atoms with Crippen molar-refractivity contribution in [2.45, 2.75) is 45.1 Å². The van der Waals surface area contributed by atoms with Gasteiger partial charge in [-0.1, -0.05) is 29.8 Å². The SMILES string of the molecule is CNCCCC(=O)N(CCc1ccc(C)cc1)CC1CCCO1. The van der Waals surface area contributed by atoms with Gasteiger partial charge in [-0.15, -0.1) is 0 Å². The normalized spacial score (nSPS) is 17.4. The monoisotopic (exact) mass is 318 g/mol.